The molecule has 1 aromatic carbocycles. The van der Waals surface area contributed by atoms with Crippen molar-refractivity contribution in [2.75, 3.05) is 18.4 Å². The van der Waals surface area contributed by atoms with Crippen molar-refractivity contribution < 1.29 is 23.5 Å². The standard InChI is InChI=1S/C23H30F2N2O3/c1-23(24,25)14-3-2-4-15(11-14)26-21(30)10-9-20(29)22-18-12-27(13-19(18)22)16-5-7-17(28)8-6-16/h2-4,11,16-19,22,28H,5-10,12-13H2,1H3,(H,26,30)/t16?,17?,18-,19+,22?. The summed E-state index contributed by atoms with van der Waals surface area (Å²) in [6, 6.07) is 6.18. The van der Waals surface area contributed by atoms with Crippen LogP contribution in [-0.2, 0) is 15.5 Å². The highest BCUT2D eigenvalue weighted by atomic mass is 19.3. The van der Waals surface area contributed by atoms with Gasteiger partial charge in [-0.15, -0.1) is 0 Å². The zero-order valence-corrected chi connectivity index (χ0v) is 17.3. The summed E-state index contributed by atoms with van der Waals surface area (Å²) >= 11 is 0. The third kappa shape index (κ3) is 4.72. The molecule has 1 unspecified atom stereocenters. The summed E-state index contributed by atoms with van der Waals surface area (Å²) in [5, 5.41) is 12.3. The van der Waals surface area contributed by atoms with Gasteiger partial charge in [0.05, 0.1) is 6.10 Å². The van der Waals surface area contributed by atoms with Gasteiger partial charge in [0.25, 0.3) is 5.92 Å². The summed E-state index contributed by atoms with van der Waals surface area (Å²) in [7, 11) is 0. The van der Waals surface area contributed by atoms with Crippen LogP contribution in [0.25, 0.3) is 0 Å². The summed E-state index contributed by atoms with van der Waals surface area (Å²) in [4.78, 5) is 27.2. The molecule has 30 heavy (non-hydrogen) atoms. The summed E-state index contributed by atoms with van der Waals surface area (Å²) in [6.07, 6.45) is 3.92. The number of hydrogen-bond acceptors (Lipinski definition) is 4. The van der Waals surface area contributed by atoms with Crippen LogP contribution < -0.4 is 5.32 Å². The van der Waals surface area contributed by atoms with Crippen LogP contribution in [0.3, 0.4) is 0 Å². The number of amides is 1. The lowest BCUT2D eigenvalue weighted by Gasteiger charge is -2.34. The molecule has 2 saturated carbocycles. The van der Waals surface area contributed by atoms with Gasteiger partial charge < -0.3 is 10.4 Å². The fraction of sp³-hybridized carbons (Fsp3) is 0.652. The molecule has 0 bridgehead atoms. The lowest BCUT2D eigenvalue weighted by atomic mass is 9.92. The molecule has 2 N–H and O–H groups in total. The Morgan fingerprint density at radius 3 is 2.43 bits per heavy atom. The molecule has 1 saturated heterocycles. The summed E-state index contributed by atoms with van der Waals surface area (Å²) < 4.78 is 26.9. The zero-order valence-electron chi connectivity index (χ0n) is 17.3. The van der Waals surface area contributed by atoms with Crippen LogP contribution in [0.1, 0.15) is 51.0 Å². The molecule has 7 heteroatoms. The number of carbonyl (C=O) groups excluding carboxylic acids is 2. The average Bonchev–Trinajstić information content (AvgIpc) is 3.20. The fourth-order valence-corrected chi connectivity index (χ4v) is 5.25. The molecule has 5 nitrogen and oxygen atoms in total. The Hall–Kier alpha value is -1.86. The normalized spacial score (nSPS) is 31.3. The Balaban J connectivity index is 1.20. The number of piperidine rings is 1. The highest BCUT2D eigenvalue weighted by molar-refractivity contribution is 5.94. The van der Waals surface area contributed by atoms with Gasteiger partial charge in [0.1, 0.15) is 5.78 Å². The van der Waals surface area contributed by atoms with Crippen molar-refractivity contribution in [3.05, 3.63) is 29.8 Å². The van der Waals surface area contributed by atoms with Crippen LogP contribution in [0, 0.1) is 17.8 Å². The molecule has 1 aromatic rings. The van der Waals surface area contributed by atoms with Crippen molar-refractivity contribution in [1.82, 2.24) is 4.90 Å². The average molecular weight is 421 g/mol. The quantitative estimate of drug-likeness (QED) is 0.708. The monoisotopic (exact) mass is 420 g/mol. The molecule has 1 aliphatic heterocycles. The van der Waals surface area contributed by atoms with Gasteiger partial charge in [-0.05, 0) is 49.7 Å². The first-order valence-corrected chi connectivity index (χ1v) is 11.0. The minimum Gasteiger partial charge on any atom is -0.393 e. The van der Waals surface area contributed by atoms with Crippen molar-refractivity contribution in [2.45, 2.75) is 63.5 Å². The lowest BCUT2D eigenvalue weighted by Crippen LogP contribution is -2.39. The summed E-state index contributed by atoms with van der Waals surface area (Å²) in [5.74, 6) is -2.25. The Morgan fingerprint density at radius 1 is 1.13 bits per heavy atom. The number of Topliss-reactive ketones (excluding diaryl/α,β-unsaturated/α-hetero) is 1. The SMILES string of the molecule is CC(F)(F)c1cccc(NC(=O)CCC(=O)C2[C@H]3CN(C4CCC(O)CC4)C[C@@H]23)c1. The highest BCUT2D eigenvalue weighted by Crippen LogP contribution is 2.53. The lowest BCUT2D eigenvalue weighted by molar-refractivity contribution is -0.124. The van der Waals surface area contributed by atoms with Crippen molar-refractivity contribution in [2.24, 2.45) is 17.8 Å². The zero-order chi connectivity index (χ0) is 21.5. The number of likely N-dealkylation sites (tertiary alicyclic amines) is 1. The number of anilines is 1. The molecule has 4 rings (SSSR count). The number of nitrogens with zero attached hydrogens (tertiary/aromatic N) is 1. The van der Waals surface area contributed by atoms with E-state index in [0.717, 1.165) is 45.7 Å². The highest BCUT2D eigenvalue weighted by Gasteiger charge is 2.59. The third-order valence-corrected chi connectivity index (χ3v) is 7.03. The molecule has 0 radical (unpaired) electrons. The van der Waals surface area contributed by atoms with E-state index < -0.39 is 5.92 Å². The largest absolute Gasteiger partial charge is 0.393 e. The fourth-order valence-electron chi connectivity index (χ4n) is 5.25. The Bertz CT molecular complexity index is 790. The van der Waals surface area contributed by atoms with Gasteiger partial charge in [-0.25, -0.2) is 8.78 Å². The smallest absolute Gasteiger partial charge is 0.270 e. The number of carbonyl (C=O) groups is 2. The topological polar surface area (TPSA) is 69.6 Å². The van der Waals surface area contributed by atoms with Gasteiger partial charge >= 0.3 is 0 Å². The van der Waals surface area contributed by atoms with Gasteiger partial charge in [0.2, 0.25) is 5.91 Å². The van der Waals surface area contributed by atoms with E-state index in [-0.39, 0.29) is 42.1 Å². The number of aliphatic hydroxyl groups is 1. The molecular weight excluding hydrogens is 390 g/mol. The Labute approximate surface area is 175 Å². The van der Waals surface area contributed by atoms with E-state index in [1.165, 1.54) is 18.2 Å². The van der Waals surface area contributed by atoms with E-state index in [2.05, 4.69) is 10.2 Å². The van der Waals surface area contributed by atoms with Crippen molar-refractivity contribution >= 4 is 17.4 Å². The predicted molar refractivity (Wildman–Crippen MR) is 109 cm³/mol. The second-order valence-corrected chi connectivity index (χ2v) is 9.25. The molecule has 3 atom stereocenters. The van der Waals surface area contributed by atoms with Crippen molar-refractivity contribution in [3.8, 4) is 0 Å². The van der Waals surface area contributed by atoms with Crippen molar-refractivity contribution in [3.63, 3.8) is 0 Å². The number of hydrogen-bond donors (Lipinski definition) is 2. The van der Waals surface area contributed by atoms with E-state index >= 15 is 0 Å². The molecule has 3 aliphatic rings. The Kier molecular flexibility index (Phi) is 5.95. The van der Waals surface area contributed by atoms with Gasteiger partial charge in [-0.2, -0.15) is 0 Å². The minimum absolute atomic E-state index is 0.0744. The number of ketones is 1. The van der Waals surface area contributed by atoms with Crippen LogP contribution in [0.4, 0.5) is 14.5 Å². The van der Waals surface area contributed by atoms with Crippen LogP contribution in [0.15, 0.2) is 24.3 Å². The van der Waals surface area contributed by atoms with E-state index in [1.807, 2.05) is 0 Å². The summed E-state index contributed by atoms with van der Waals surface area (Å²) in [5.41, 5.74) is 0.169. The molecular formula is C23H30F2N2O3. The molecule has 164 valence electrons. The van der Waals surface area contributed by atoms with E-state index in [4.69, 9.17) is 0 Å². The summed E-state index contributed by atoms with van der Waals surface area (Å²) in [6.45, 7) is 2.72. The number of alkyl halides is 2. The first-order chi connectivity index (χ1) is 14.2. The molecule has 2 aliphatic carbocycles. The first-order valence-electron chi connectivity index (χ1n) is 11.0. The van der Waals surface area contributed by atoms with Crippen LogP contribution in [-0.4, -0.2) is 46.9 Å². The third-order valence-electron chi connectivity index (χ3n) is 7.03. The van der Waals surface area contributed by atoms with E-state index in [0.29, 0.717) is 23.6 Å². The van der Waals surface area contributed by atoms with Gasteiger partial charge in [0.15, 0.2) is 0 Å². The van der Waals surface area contributed by atoms with Gasteiger partial charge in [-0.3, -0.25) is 14.5 Å². The number of benzene rings is 1. The number of aliphatic hydroxyl groups excluding tert-OH is 1. The van der Waals surface area contributed by atoms with E-state index in [9.17, 15) is 23.5 Å². The Morgan fingerprint density at radius 2 is 1.80 bits per heavy atom. The van der Waals surface area contributed by atoms with Crippen LogP contribution >= 0.6 is 0 Å². The predicted octanol–water partition coefficient (Wildman–Crippen LogP) is 3.57. The maximum absolute atomic E-state index is 13.4. The van der Waals surface area contributed by atoms with Crippen LogP contribution in [0.2, 0.25) is 0 Å². The molecule has 1 heterocycles. The van der Waals surface area contributed by atoms with Gasteiger partial charge in [0, 0.05) is 56.1 Å². The van der Waals surface area contributed by atoms with Crippen molar-refractivity contribution in [1.29, 1.82) is 0 Å². The van der Waals surface area contributed by atoms with E-state index in [1.54, 1.807) is 6.07 Å². The number of fused-ring (bicyclic) bond motifs is 1. The minimum atomic E-state index is -2.97. The molecule has 0 spiro atoms. The number of halogens is 2. The number of nitrogens with one attached hydrogen (secondary N) is 1. The molecule has 3 fully saturated rings. The second kappa shape index (κ2) is 8.35. The molecule has 1 amide bonds. The van der Waals surface area contributed by atoms with Gasteiger partial charge in [-0.1, -0.05) is 12.1 Å². The molecule has 0 aromatic heterocycles. The second-order valence-electron chi connectivity index (χ2n) is 9.25. The number of rotatable bonds is 7. The first kappa shape index (κ1) is 21.4. The maximum atomic E-state index is 13.4. The maximum Gasteiger partial charge on any atom is 0.270 e. The van der Waals surface area contributed by atoms with Crippen LogP contribution in [0.5, 0.6) is 0 Å².